The van der Waals surface area contributed by atoms with Gasteiger partial charge in [-0.25, -0.2) is 0 Å². The number of likely N-dealkylation sites (tertiary alicyclic amines) is 2. The quantitative estimate of drug-likeness (QED) is 0.496. The molecule has 5 rings (SSSR count). The third-order valence-electron chi connectivity index (χ3n) is 8.30. The number of hydrogen-bond acceptors (Lipinski definition) is 6. The van der Waals surface area contributed by atoms with Crippen molar-refractivity contribution in [1.29, 1.82) is 0 Å². The topological polar surface area (TPSA) is 104 Å². The van der Waals surface area contributed by atoms with Gasteiger partial charge in [0.2, 0.25) is 23.6 Å². The van der Waals surface area contributed by atoms with Crippen LogP contribution in [0.2, 0.25) is 0 Å². The van der Waals surface area contributed by atoms with Gasteiger partial charge in [0.05, 0.1) is 30.8 Å². The number of methoxy groups -OCH3 is 1. The summed E-state index contributed by atoms with van der Waals surface area (Å²) in [5.74, 6) is -3.27. The van der Waals surface area contributed by atoms with Crippen molar-refractivity contribution >= 4 is 23.6 Å². The second kappa shape index (κ2) is 8.81. The van der Waals surface area contributed by atoms with Crippen molar-refractivity contribution in [2.45, 2.75) is 45.4 Å². The molecule has 2 heterocycles. The molecule has 0 aromatic heterocycles. The molecule has 0 radical (unpaired) electrons. The minimum absolute atomic E-state index is 0.00704. The number of allylic oxidation sites excluding steroid dienone is 2. The van der Waals surface area contributed by atoms with Crippen LogP contribution in [-0.4, -0.2) is 58.7 Å². The fourth-order valence-electron chi connectivity index (χ4n) is 6.87. The highest BCUT2D eigenvalue weighted by molar-refractivity contribution is 6.08. The molecule has 1 N–H and O–H groups in total. The summed E-state index contributed by atoms with van der Waals surface area (Å²) in [4.78, 5) is 56.2. The minimum Gasteiger partial charge on any atom is -0.508 e. The summed E-state index contributed by atoms with van der Waals surface area (Å²) in [6, 6.07) is 4.99. The Hall–Kier alpha value is -3.16. The van der Waals surface area contributed by atoms with Crippen LogP contribution in [0, 0.1) is 29.6 Å². The van der Waals surface area contributed by atoms with Crippen LogP contribution in [0.15, 0.2) is 29.8 Å². The molecule has 6 unspecified atom stereocenters. The molecular weight excluding hydrogens is 448 g/mol. The Bertz CT molecular complexity index is 1130. The van der Waals surface area contributed by atoms with E-state index in [9.17, 15) is 24.3 Å². The molecule has 4 aliphatic rings. The number of benzene rings is 1. The molecule has 1 saturated carbocycles. The van der Waals surface area contributed by atoms with E-state index in [1.807, 2.05) is 19.9 Å². The van der Waals surface area contributed by atoms with Gasteiger partial charge >= 0.3 is 0 Å². The number of carbonyl (C=O) groups is 4. The molecule has 3 fully saturated rings. The van der Waals surface area contributed by atoms with Crippen LogP contribution in [0.4, 0.5) is 0 Å². The van der Waals surface area contributed by atoms with Crippen molar-refractivity contribution in [2.24, 2.45) is 29.6 Å². The van der Waals surface area contributed by atoms with Gasteiger partial charge in [-0.2, -0.15) is 0 Å². The molecule has 1 aromatic rings. The fraction of sp³-hybridized carbons (Fsp3) is 0.556. The van der Waals surface area contributed by atoms with Gasteiger partial charge in [-0.05, 0) is 37.7 Å². The zero-order valence-electron chi connectivity index (χ0n) is 20.4. The first kappa shape index (κ1) is 23.6. The van der Waals surface area contributed by atoms with Crippen LogP contribution in [0.5, 0.6) is 11.5 Å². The Kier molecular flexibility index (Phi) is 5.93. The molecule has 2 aliphatic carbocycles. The van der Waals surface area contributed by atoms with Crippen LogP contribution in [-0.2, 0) is 19.2 Å². The van der Waals surface area contributed by atoms with E-state index in [1.165, 1.54) is 23.0 Å². The van der Waals surface area contributed by atoms with Gasteiger partial charge in [-0.3, -0.25) is 29.0 Å². The van der Waals surface area contributed by atoms with Crippen molar-refractivity contribution in [3.05, 3.63) is 35.4 Å². The zero-order chi connectivity index (χ0) is 25.0. The number of ether oxygens (including phenoxy) is 1. The molecule has 4 amide bonds. The predicted molar refractivity (Wildman–Crippen MR) is 126 cm³/mol. The summed E-state index contributed by atoms with van der Waals surface area (Å²) < 4.78 is 5.24. The van der Waals surface area contributed by atoms with Gasteiger partial charge in [0.25, 0.3) is 0 Å². The molecule has 0 spiro atoms. The normalized spacial score (nSPS) is 31.9. The number of phenols is 1. The lowest BCUT2D eigenvalue weighted by molar-refractivity contribution is -0.142. The Morgan fingerprint density at radius 2 is 1.51 bits per heavy atom. The maximum Gasteiger partial charge on any atom is 0.234 e. The van der Waals surface area contributed by atoms with E-state index in [0.717, 1.165) is 5.57 Å². The summed E-state index contributed by atoms with van der Waals surface area (Å²) in [7, 11) is 1.51. The first-order valence-corrected chi connectivity index (χ1v) is 12.6. The number of nitrogens with zero attached hydrogens (tertiary/aromatic N) is 2. The van der Waals surface area contributed by atoms with E-state index in [-0.39, 0.29) is 35.3 Å². The second-order valence-corrected chi connectivity index (χ2v) is 10.1. The highest BCUT2D eigenvalue weighted by Crippen LogP contribution is 2.58. The smallest absolute Gasteiger partial charge is 0.234 e. The van der Waals surface area contributed by atoms with E-state index < -0.39 is 29.6 Å². The maximum absolute atomic E-state index is 13.6. The second-order valence-electron chi connectivity index (χ2n) is 10.1. The highest BCUT2D eigenvalue weighted by Gasteiger charge is 2.61. The average molecular weight is 481 g/mol. The van der Waals surface area contributed by atoms with Crippen molar-refractivity contribution < 1.29 is 29.0 Å². The van der Waals surface area contributed by atoms with E-state index in [0.29, 0.717) is 50.1 Å². The number of hydrogen-bond donors (Lipinski definition) is 1. The summed E-state index contributed by atoms with van der Waals surface area (Å²) in [5, 5.41) is 11.0. The van der Waals surface area contributed by atoms with Gasteiger partial charge in [0.15, 0.2) is 0 Å². The Morgan fingerprint density at radius 1 is 0.886 bits per heavy atom. The van der Waals surface area contributed by atoms with E-state index >= 15 is 0 Å². The monoisotopic (exact) mass is 480 g/mol. The van der Waals surface area contributed by atoms with Crippen LogP contribution in [0.3, 0.4) is 0 Å². The lowest BCUT2D eigenvalue weighted by Gasteiger charge is -2.44. The minimum atomic E-state index is -0.633. The fourth-order valence-corrected chi connectivity index (χ4v) is 6.87. The van der Waals surface area contributed by atoms with E-state index in [2.05, 4.69) is 0 Å². The number of carbonyl (C=O) groups excluding carboxylic acids is 4. The van der Waals surface area contributed by atoms with Crippen molar-refractivity contribution in [3.63, 3.8) is 0 Å². The van der Waals surface area contributed by atoms with Gasteiger partial charge in [0, 0.05) is 30.6 Å². The Labute approximate surface area is 204 Å². The van der Waals surface area contributed by atoms with E-state index in [1.54, 1.807) is 12.1 Å². The number of phenolic OH excluding ortho intramolecular Hbond substituents is 1. The lowest BCUT2D eigenvalue weighted by atomic mass is 9.57. The molecule has 2 aliphatic heterocycles. The van der Waals surface area contributed by atoms with Crippen LogP contribution in [0.1, 0.15) is 51.0 Å². The van der Waals surface area contributed by atoms with E-state index in [4.69, 9.17) is 4.74 Å². The van der Waals surface area contributed by atoms with Gasteiger partial charge in [0.1, 0.15) is 11.5 Å². The molecular formula is C27H32N2O6. The van der Waals surface area contributed by atoms with Gasteiger partial charge in [-0.15, -0.1) is 0 Å². The van der Waals surface area contributed by atoms with Gasteiger partial charge in [-0.1, -0.05) is 31.6 Å². The van der Waals surface area contributed by atoms with Crippen LogP contribution < -0.4 is 4.74 Å². The molecule has 6 atom stereocenters. The van der Waals surface area contributed by atoms with Crippen LogP contribution in [0.25, 0.3) is 0 Å². The van der Waals surface area contributed by atoms with Crippen LogP contribution >= 0.6 is 0 Å². The number of amides is 4. The summed E-state index contributed by atoms with van der Waals surface area (Å²) in [6.07, 6.45) is 4.14. The first-order chi connectivity index (χ1) is 16.8. The summed E-state index contributed by atoms with van der Waals surface area (Å²) in [5.41, 5.74) is 1.45. The molecule has 186 valence electrons. The van der Waals surface area contributed by atoms with Crippen molar-refractivity contribution in [3.8, 4) is 11.5 Å². The molecule has 1 aromatic carbocycles. The molecule has 0 bridgehead atoms. The number of rotatable bonds is 6. The largest absolute Gasteiger partial charge is 0.508 e. The third kappa shape index (κ3) is 3.40. The molecule has 8 heteroatoms. The van der Waals surface area contributed by atoms with Gasteiger partial charge < -0.3 is 9.84 Å². The predicted octanol–water partition coefficient (Wildman–Crippen LogP) is 2.86. The highest BCUT2D eigenvalue weighted by atomic mass is 16.5. The summed E-state index contributed by atoms with van der Waals surface area (Å²) in [6.45, 7) is 4.60. The number of aromatic hydroxyl groups is 1. The molecule has 8 nitrogen and oxygen atoms in total. The Balaban J connectivity index is 1.63. The summed E-state index contributed by atoms with van der Waals surface area (Å²) >= 11 is 0. The SMILES string of the molecule is CCCN1C(=O)C2CC=C3C(CC4C(=O)N(CCC)C(=O)C4C3c3ccc(OC)cc3O)C2C1=O. The Morgan fingerprint density at radius 3 is 2.11 bits per heavy atom. The first-order valence-electron chi connectivity index (χ1n) is 12.6. The average Bonchev–Trinajstić information content (AvgIpc) is 3.23. The third-order valence-corrected chi connectivity index (χ3v) is 8.30. The maximum atomic E-state index is 13.6. The van der Waals surface area contributed by atoms with Crippen molar-refractivity contribution in [1.82, 2.24) is 9.80 Å². The lowest BCUT2D eigenvalue weighted by Crippen LogP contribution is -2.43. The molecule has 2 saturated heterocycles. The zero-order valence-corrected chi connectivity index (χ0v) is 20.4. The number of fused-ring (bicyclic) bond motifs is 4. The number of imide groups is 2. The molecule has 35 heavy (non-hydrogen) atoms. The van der Waals surface area contributed by atoms with Crippen molar-refractivity contribution in [2.75, 3.05) is 20.2 Å². The standard InChI is InChI=1S/C27H32N2O6/c1-4-10-28-24(31)17-9-8-15-18(22(17)26(28)33)13-19-23(27(34)29(11-5-2)25(19)32)21(15)16-7-6-14(35-3)12-20(16)30/h6-8,12,17-19,21-23,30H,4-5,9-11,13H2,1-3H3.